The number of benzene rings is 1. The predicted octanol–water partition coefficient (Wildman–Crippen LogP) is 4.41. The van der Waals surface area contributed by atoms with Crippen LogP contribution in [0.25, 0.3) is 0 Å². The molecule has 1 aromatic carbocycles. The zero-order valence-corrected chi connectivity index (χ0v) is 12.6. The molecule has 1 aromatic heterocycles. The van der Waals surface area contributed by atoms with Gasteiger partial charge < -0.3 is 5.32 Å². The number of nitrogens with one attached hydrogen (secondary N) is 1. The van der Waals surface area contributed by atoms with Gasteiger partial charge in [-0.15, -0.1) is 0 Å². The minimum atomic E-state index is 0.375. The second-order valence-corrected chi connectivity index (χ2v) is 5.33. The number of hydrogen-bond acceptors (Lipinski definition) is 2. The Balaban J connectivity index is 2.03. The predicted molar refractivity (Wildman–Crippen MR) is 85.0 cm³/mol. The van der Waals surface area contributed by atoms with Gasteiger partial charge in [-0.1, -0.05) is 48.9 Å². The summed E-state index contributed by atoms with van der Waals surface area (Å²) in [6.07, 6.45) is 6.65. The summed E-state index contributed by atoms with van der Waals surface area (Å²) in [5.41, 5.74) is 2.51. The van der Waals surface area contributed by atoms with Crippen molar-refractivity contribution in [3.05, 3.63) is 64.9 Å². The van der Waals surface area contributed by atoms with Gasteiger partial charge in [0, 0.05) is 18.4 Å². The highest BCUT2D eigenvalue weighted by Gasteiger charge is 2.11. The molecule has 0 fully saturated rings. The summed E-state index contributed by atoms with van der Waals surface area (Å²) in [5, 5.41) is 4.38. The van der Waals surface area contributed by atoms with E-state index >= 15 is 0 Å². The van der Waals surface area contributed by atoms with Gasteiger partial charge in [0.25, 0.3) is 0 Å². The Morgan fingerprint density at radius 1 is 1.20 bits per heavy atom. The summed E-state index contributed by atoms with van der Waals surface area (Å²) in [6.45, 7) is 3.22. The molecule has 1 heterocycles. The van der Waals surface area contributed by atoms with E-state index in [9.17, 15) is 0 Å². The fourth-order valence-corrected chi connectivity index (χ4v) is 2.51. The monoisotopic (exact) mass is 288 g/mol. The highest BCUT2D eigenvalue weighted by Crippen LogP contribution is 2.22. The third kappa shape index (κ3) is 4.32. The van der Waals surface area contributed by atoms with Crippen molar-refractivity contribution in [1.82, 2.24) is 10.3 Å². The van der Waals surface area contributed by atoms with E-state index in [1.807, 2.05) is 6.07 Å². The van der Waals surface area contributed by atoms with Crippen LogP contribution in [-0.2, 0) is 6.42 Å². The number of aromatic nitrogens is 1. The third-order valence-electron chi connectivity index (χ3n) is 3.40. The first-order valence-corrected chi connectivity index (χ1v) is 7.55. The number of nitrogens with zero attached hydrogens (tertiary/aromatic N) is 1. The molecule has 3 heteroatoms. The zero-order valence-electron chi connectivity index (χ0n) is 11.8. The van der Waals surface area contributed by atoms with Gasteiger partial charge in [0.15, 0.2) is 0 Å². The number of hydrogen-bond donors (Lipinski definition) is 1. The average Bonchev–Trinajstić information content (AvgIpc) is 2.50. The van der Waals surface area contributed by atoms with Crippen LogP contribution in [0.15, 0.2) is 48.8 Å². The van der Waals surface area contributed by atoms with Crippen molar-refractivity contribution in [3.63, 3.8) is 0 Å². The summed E-state index contributed by atoms with van der Waals surface area (Å²) in [6, 6.07) is 13.0. The Hall–Kier alpha value is -1.38. The first kappa shape index (κ1) is 15.0. The molecular formula is C17H21ClN2. The van der Waals surface area contributed by atoms with Gasteiger partial charge in [-0.3, -0.25) is 4.98 Å². The summed E-state index contributed by atoms with van der Waals surface area (Å²) in [4.78, 5) is 4.03. The lowest BCUT2D eigenvalue weighted by Crippen LogP contribution is -2.22. The Kier molecular flexibility index (Phi) is 6.03. The average molecular weight is 289 g/mol. The Labute approximate surface area is 126 Å². The largest absolute Gasteiger partial charge is 0.310 e. The van der Waals surface area contributed by atoms with Crippen LogP contribution in [0.4, 0.5) is 0 Å². The van der Waals surface area contributed by atoms with Crippen molar-refractivity contribution in [2.45, 2.75) is 32.2 Å². The number of halogens is 1. The van der Waals surface area contributed by atoms with E-state index in [0.717, 1.165) is 30.8 Å². The van der Waals surface area contributed by atoms with Crippen LogP contribution < -0.4 is 5.32 Å². The molecule has 0 saturated heterocycles. The lowest BCUT2D eigenvalue weighted by atomic mass is 9.99. The van der Waals surface area contributed by atoms with E-state index < -0.39 is 0 Å². The summed E-state index contributed by atoms with van der Waals surface area (Å²) in [7, 11) is 0. The third-order valence-corrected chi connectivity index (χ3v) is 3.74. The molecule has 0 bridgehead atoms. The van der Waals surface area contributed by atoms with E-state index in [0.29, 0.717) is 6.04 Å². The zero-order chi connectivity index (χ0) is 14.2. The maximum Gasteiger partial charge on any atom is 0.0621 e. The quantitative estimate of drug-likeness (QED) is 0.816. The van der Waals surface area contributed by atoms with Gasteiger partial charge >= 0.3 is 0 Å². The molecule has 106 valence electrons. The Morgan fingerprint density at radius 2 is 2.00 bits per heavy atom. The van der Waals surface area contributed by atoms with Crippen molar-refractivity contribution in [2.24, 2.45) is 0 Å². The lowest BCUT2D eigenvalue weighted by molar-refractivity contribution is 0.499. The van der Waals surface area contributed by atoms with E-state index in [1.54, 1.807) is 12.4 Å². The van der Waals surface area contributed by atoms with Crippen LogP contribution in [-0.4, -0.2) is 11.5 Å². The van der Waals surface area contributed by atoms with Gasteiger partial charge in [-0.2, -0.15) is 0 Å². The van der Waals surface area contributed by atoms with Crippen molar-refractivity contribution < 1.29 is 0 Å². The maximum absolute atomic E-state index is 6.18. The molecule has 2 nitrogen and oxygen atoms in total. The molecule has 2 rings (SSSR count). The van der Waals surface area contributed by atoms with Crippen molar-refractivity contribution >= 4 is 11.6 Å². The minimum Gasteiger partial charge on any atom is -0.310 e. The molecule has 2 aromatic rings. The lowest BCUT2D eigenvalue weighted by Gasteiger charge is -2.19. The SMILES string of the molecule is CCCNC(CCc1ccncc1Cl)c1ccccc1. The van der Waals surface area contributed by atoms with Gasteiger partial charge in [0.05, 0.1) is 5.02 Å². The van der Waals surface area contributed by atoms with Crippen LogP contribution in [0.1, 0.15) is 36.9 Å². The molecule has 0 amide bonds. The van der Waals surface area contributed by atoms with Crippen LogP contribution in [0.2, 0.25) is 5.02 Å². The molecule has 1 N–H and O–H groups in total. The molecule has 0 aliphatic heterocycles. The minimum absolute atomic E-state index is 0.375. The number of aryl methyl sites for hydroxylation is 1. The molecule has 0 spiro atoms. The van der Waals surface area contributed by atoms with Crippen LogP contribution in [0.3, 0.4) is 0 Å². The van der Waals surface area contributed by atoms with E-state index in [2.05, 4.69) is 47.6 Å². The molecule has 0 radical (unpaired) electrons. The second kappa shape index (κ2) is 8.03. The normalized spacial score (nSPS) is 12.3. The molecule has 0 aliphatic carbocycles. The second-order valence-electron chi connectivity index (χ2n) is 4.92. The molecule has 1 unspecified atom stereocenters. The van der Waals surface area contributed by atoms with Gasteiger partial charge in [-0.25, -0.2) is 0 Å². The topological polar surface area (TPSA) is 24.9 Å². The van der Waals surface area contributed by atoms with Crippen LogP contribution in [0, 0.1) is 0 Å². The first-order valence-electron chi connectivity index (χ1n) is 7.18. The van der Waals surface area contributed by atoms with Crippen molar-refractivity contribution in [2.75, 3.05) is 6.54 Å². The van der Waals surface area contributed by atoms with Gasteiger partial charge in [0.2, 0.25) is 0 Å². The smallest absolute Gasteiger partial charge is 0.0621 e. The summed E-state index contributed by atoms with van der Waals surface area (Å²) < 4.78 is 0. The summed E-state index contributed by atoms with van der Waals surface area (Å²) in [5.74, 6) is 0. The Bertz CT molecular complexity index is 513. The van der Waals surface area contributed by atoms with E-state index in [4.69, 9.17) is 11.6 Å². The fourth-order valence-electron chi connectivity index (χ4n) is 2.30. The molecule has 0 saturated carbocycles. The standard InChI is InChI=1S/C17H21ClN2/c1-2-11-20-17(15-6-4-3-5-7-15)9-8-14-10-12-19-13-16(14)18/h3-7,10,12-13,17,20H,2,8-9,11H2,1H3. The van der Waals surface area contributed by atoms with Crippen molar-refractivity contribution in [1.29, 1.82) is 0 Å². The van der Waals surface area contributed by atoms with E-state index in [1.165, 1.54) is 11.1 Å². The molecule has 1 atom stereocenters. The Morgan fingerprint density at radius 3 is 2.70 bits per heavy atom. The molecule has 20 heavy (non-hydrogen) atoms. The van der Waals surface area contributed by atoms with E-state index in [-0.39, 0.29) is 0 Å². The van der Waals surface area contributed by atoms with Crippen LogP contribution in [0.5, 0.6) is 0 Å². The number of pyridine rings is 1. The highest BCUT2D eigenvalue weighted by atomic mass is 35.5. The van der Waals surface area contributed by atoms with Crippen LogP contribution >= 0.6 is 11.6 Å². The number of rotatable bonds is 7. The molecular weight excluding hydrogens is 268 g/mol. The van der Waals surface area contributed by atoms with Crippen molar-refractivity contribution in [3.8, 4) is 0 Å². The van der Waals surface area contributed by atoms with Gasteiger partial charge in [-0.05, 0) is 43.0 Å². The highest BCUT2D eigenvalue weighted by molar-refractivity contribution is 6.31. The first-order chi connectivity index (χ1) is 9.81. The fraction of sp³-hybridized carbons (Fsp3) is 0.353. The maximum atomic E-state index is 6.18. The van der Waals surface area contributed by atoms with Gasteiger partial charge in [0.1, 0.15) is 0 Å². The summed E-state index contributed by atoms with van der Waals surface area (Å²) >= 11 is 6.18. The molecule has 0 aliphatic rings.